The molecule has 8 heteroatoms. The Morgan fingerprint density at radius 1 is 1.24 bits per heavy atom. The van der Waals surface area contributed by atoms with E-state index in [1.54, 1.807) is 12.1 Å². The molecule has 0 saturated heterocycles. The molecule has 3 rings (SSSR count). The van der Waals surface area contributed by atoms with Crippen LogP contribution in [0.1, 0.15) is 37.3 Å². The van der Waals surface area contributed by atoms with Crippen molar-refractivity contribution in [2.75, 3.05) is 12.3 Å². The normalized spacial score (nSPS) is 17.8. The SMILES string of the molecule is CC1(C)CC(CS(=O)(=O)NCC(=O)O)c2cc(OCc3ccccc3)ccc2O1. The highest BCUT2D eigenvalue weighted by Gasteiger charge is 2.36. The maximum atomic E-state index is 12.4. The fourth-order valence-electron chi connectivity index (χ4n) is 3.46. The van der Waals surface area contributed by atoms with Crippen molar-refractivity contribution in [1.82, 2.24) is 4.72 Å². The lowest BCUT2D eigenvalue weighted by Gasteiger charge is -2.37. The summed E-state index contributed by atoms with van der Waals surface area (Å²) >= 11 is 0. The van der Waals surface area contributed by atoms with Crippen molar-refractivity contribution in [2.45, 2.75) is 38.4 Å². The first kappa shape index (κ1) is 21.1. The number of aliphatic carboxylic acids is 1. The highest BCUT2D eigenvalue weighted by molar-refractivity contribution is 7.89. The average Bonchev–Trinajstić information content (AvgIpc) is 2.65. The Morgan fingerprint density at radius 3 is 2.66 bits per heavy atom. The Bertz CT molecular complexity index is 972. The number of nitrogens with one attached hydrogen (secondary N) is 1. The van der Waals surface area contributed by atoms with Crippen LogP contribution in [0.2, 0.25) is 0 Å². The maximum Gasteiger partial charge on any atom is 0.318 e. The molecule has 29 heavy (non-hydrogen) atoms. The molecule has 2 aromatic rings. The summed E-state index contributed by atoms with van der Waals surface area (Å²) in [6.07, 6.45) is 0.482. The number of carbonyl (C=O) groups is 1. The summed E-state index contributed by atoms with van der Waals surface area (Å²) < 4.78 is 38.8. The molecular formula is C21H25NO6S. The van der Waals surface area contributed by atoms with Gasteiger partial charge in [-0.15, -0.1) is 0 Å². The first-order valence-corrected chi connectivity index (χ1v) is 11.0. The molecule has 0 saturated carbocycles. The van der Waals surface area contributed by atoms with Gasteiger partial charge in [0.25, 0.3) is 0 Å². The van der Waals surface area contributed by atoms with E-state index in [2.05, 4.69) is 4.72 Å². The summed E-state index contributed by atoms with van der Waals surface area (Å²) in [4.78, 5) is 10.7. The summed E-state index contributed by atoms with van der Waals surface area (Å²) in [5, 5.41) is 8.75. The number of hydrogen-bond acceptors (Lipinski definition) is 5. The zero-order valence-corrected chi connectivity index (χ0v) is 17.2. The van der Waals surface area contributed by atoms with Crippen LogP contribution in [0.4, 0.5) is 0 Å². The summed E-state index contributed by atoms with van der Waals surface area (Å²) in [7, 11) is -3.76. The van der Waals surface area contributed by atoms with E-state index in [1.807, 2.05) is 50.2 Å². The quantitative estimate of drug-likeness (QED) is 0.682. The van der Waals surface area contributed by atoms with E-state index in [4.69, 9.17) is 14.6 Å². The molecule has 1 unspecified atom stereocenters. The minimum atomic E-state index is -3.76. The highest BCUT2D eigenvalue weighted by atomic mass is 32.2. The van der Waals surface area contributed by atoms with Gasteiger partial charge in [0, 0.05) is 11.5 Å². The largest absolute Gasteiger partial charge is 0.489 e. The van der Waals surface area contributed by atoms with Crippen LogP contribution in [0.15, 0.2) is 48.5 Å². The van der Waals surface area contributed by atoms with Gasteiger partial charge in [-0.25, -0.2) is 13.1 Å². The van der Waals surface area contributed by atoms with Crippen molar-refractivity contribution in [3.8, 4) is 11.5 Å². The minimum absolute atomic E-state index is 0.220. The first-order chi connectivity index (χ1) is 13.6. The Hall–Kier alpha value is -2.58. The lowest BCUT2D eigenvalue weighted by molar-refractivity contribution is -0.135. The third-order valence-corrected chi connectivity index (χ3v) is 6.08. The maximum absolute atomic E-state index is 12.4. The monoisotopic (exact) mass is 419 g/mol. The van der Waals surface area contributed by atoms with Crippen LogP contribution in [-0.4, -0.2) is 37.4 Å². The molecule has 1 aliphatic heterocycles. The molecular weight excluding hydrogens is 394 g/mol. The third-order valence-electron chi connectivity index (χ3n) is 4.66. The molecule has 2 N–H and O–H groups in total. The van der Waals surface area contributed by atoms with Gasteiger partial charge in [0.2, 0.25) is 10.0 Å². The van der Waals surface area contributed by atoms with Crippen LogP contribution < -0.4 is 14.2 Å². The van der Waals surface area contributed by atoms with Gasteiger partial charge in [-0.05, 0) is 44.0 Å². The molecule has 0 fully saturated rings. The zero-order chi connectivity index (χ0) is 21.1. The standard InChI is InChI=1S/C21H25NO6S/c1-21(2)11-16(14-29(25,26)22-12-20(23)24)18-10-17(8-9-19(18)28-21)27-13-15-6-4-3-5-7-15/h3-10,16,22H,11-14H2,1-2H3,(H,23,24). The molecule has 2 aromatic carbocycles. The highest BCUT2D eigenvalue weighted by Crippen LogP contribution is 2.43. The molecule has 0 bridgehead atoms. The Morgan fingerprint density at radius 2 is 1.97 bits per heavy atom. The molecule has 1 atom stereocenters. The first-order valence-electron chi connectivity index (χ1n) is 9.32. The predicted molar refractivity (Wildman–Crippen MR) is 109 cm³/mol. The lowest BCUT2D eigenvalue weighted by Crippen LogP contribution is -2.39. The van der Waals surface area contributed by atoms with Crippen LogP contribution in [0.5, 0.6) is 11.5 Å². The summed E-state index contributed by atoms with van der Waals surface area (Å²) in [6.45, 7) is 3.57. The average molecular weight is 419 g/mol. The van der Waals surface area contributed by atoms with Crippen molar-refractivity contribution in [3.63, 3.8) is 0 Å². The van der Waals surface area contributed by atoms with Crippen molar-refractivity contribution in [3.05, 3.63) is 59.7 Å². The van der Waals surface area contributed by atoms with Crippen LogP contribution in [-0.2, 0) is 21.4 Å². The molecule has 0 aromatic heterocycles. The smallest absolute Gasteiger partial charge is 0.318 e. The molecule has 0 radical (unpaired) electrons. The number of carboxylic acid groups (broad SMARTS) is 1. The van der Waals surface area contributed by atoms with Crippen molar-refractivity contribution in [2.24, 2.45) is 0 Å². The van der Waals surface area contributed by atoms with Crippen molar-refractivity contribution in [1.29, 1.82) is 0 Å². The van der Waals surface area contributed by atoms with Crippen LogP contribution in [0, 0.1) is 0 Å². The summed E-state index contributed by atoms with van der Waals surface area (Å²) in [6, 6.07) is 15.1. The van der Waals surface area contributed by atoms with E-state index < -0.39 is 28.1 Å². The van der Waals surface area contributed by atoms with E-state index in [9.17, 15) is 13.2 Å². The van der Waals surface area contributed by atoms with E-state index in [-0.39, 0.29) is 11.7 Å². The number of sulfonamides is 1. The van der Waals surface area contributed by atoms with Gasteiger partial charge >= 0.3 is 5.97 Å². The van der Waals surface area contributed by atoms with Crippen molar-refractivity contribution >= 4 is 16.0 Å². The van der Waals surface area contributed by atoms with Gasteiger partial charge in [-0.3, -0.25) is 4.79 Å². The second-order valence-corrected chi connectivity index (χ2v) is 9.58. The zero-order valence-electron chi connectivity index (χ0n) is 16.4. The molecule has 0 aliphatic carbocycles. The molecule has 1 heterocycles. The number of rotatable bonds is 8. The topological polar surface area (TPSA) is 102 Å². The third kappa shape index (κ3) is 5.95. The molecule has 156 valence electrons. The molecule has 1 aliphatic rings. The van der Waals surface area contributed by atoms with Crippen LogP contribution in [0.3, 0.4) is 0 Å². The summed E-state index contributed by atoms with van der Waals surface area (Å²) in [5.41, 5.74) is 1.24. The van der Waals surface area contributed by atoms with E-state index in [1.165, 1.54) is 0 Å². The van der Waals surface area contributed by atoms with Gasteiger partial charge in [-0.2, -0.15) is 0 Å². The number of benzene rings is 2. The van der Waals surface area contributed by atoms with Crippen LogP contribution in [0.25, 0.3) is 0 Å². The van der Waals surface area contributed by atoms with Crippen LogP contribution >= 0.6 is 0 Å². The van der Waals surface area contributed by atoms with Gasteiger partial charge in [-0.1, -0.05) is 30.3 Å². The molecule has 0 spiro atoms. The number of hydrogen-bond donors (Lipinski definition) is 2. The van der Waals surface area contributed by atoms with E-state index in [0.29, 0.717) is 24.5 Å². The predicted octanol–water partition coefficient (Wildman–Crippen LogP) is 2.91. The van der Waals surface area contributed by atoms with Gasteiger partial charge in [0.15, 0.2) is 0 Å². The lowest BCUT2D eigenvalue weighted by atomic mass is 9.85. The Labute approximate surface area is 170 Å². The Kier molecular flexibility index (Phi) is 6.14. The summed E-state index contributed by atoms with van der Waals surface area (Å²) in [5.74, 6) is -0.552. The van der Waals surface area contributed by atoms with Gasteiger partial charge < -0.3 is 14.6 Å². The second-order valence-electron chi connectivity index (χ2n) is 7.73. The fraction of sp³-hybridized carbons (Fsp3) is 0.381. The number of carboxylic acids is 1. The Balaban J connectivity index is 1.81. The van der Waals surface area contributed by atoms with E-state index >= 15 is 0 Å². The van der Waals surface area contributed by atoms with Gasteiger partial charge in [0.05, 0.1) is 5.75 Å². The fourth-order valence-corrected chi connectivity index (χ4v) is 4.74. The molecule has 0 amide bonds. The van der Waals surface area contributed by atoms with Gasteiger partial charge in [0.1, 0.15) is 30.3 Å². The second kappa shape index (κ2) is 8.42. The molecule has 7 nitrogen and oxygen atoms in total. The number of fused-ring (bicyclic) bond motifs is 1. The van der Waals surface area contributed by atoms with E-state index in [0.717, 1.165) is 11.1 Å². The minimum Gasteiger partial charge on any atom is -0.489 e. The number of ether oxygens (including phenoxy) is 2. The van der Waals surface area contributed by atoms with Crippen molar-refractivity contribution < 1.29 is 27.8 Å².